The lowest BCUT2D eigenvalue weighted by Crippen LogP contribution is -2.38. The van der Waals surface area contributed by atoms with Gasteiger partial charge in [-0.3, -0.25) is 14.6 Å². The Hall–Kier alpha value is -3.04. The third kappa shape index (κ3) is 3.73. The Morgan fingerprint density at radius 2 is 2.16 bits per heavy atom. The quantitative estimate of drug-likeness (QED) is 0.722. The van der Waals surface area contributed by atoms with Crippen LogP contribution in [0.15, 0.2) is 12.1 Å². The van der Waals surface area contributed by atoms with Crippen LogP contribution in [-0.4, -0.2) is 62.4 Å². The number of rotatable bonds is 3. The van der Waals surface area contributed by atoms with Gasteiger partial charge in [-0.2, -0.15) is 10.2 Å². The van der Waals surface area contributed by atoms with Crippen molar-refractivity contribution in [1.82, 2.24) is 35.1 Å². The fourth-order valence-corrected chi connectivity index (χ4v) is 2.77. The highest BCUT2D eigenvalue weighted by atomic mass is 16.2. The second-order valence-electron chi connectivity index (χ2n) is 6.19. The van der Waals surface area contributed by atoms with Crippen molar-refractivity contribution in [3.8, 4) is 0 Å². The molecule has 0 atom stereocenters. The Labute approximate surface area is 145 Å². The molecular weight excluding hydrogens is 324 g/mol. The van der Waals surface area contributed by atoms with Crippen molar-refractivity contribution in [3.63, 3.8) is 0 Å². The van der Waals surface area contributed by atoms with Crippen LogP contribution in [0.4, 0.5) is 10.6 Å². The summed E-state index contributed by atoms with van der Waals surface area (Å²) in [5, 5.41) is 13.6. The number of nitrogen functional groups attached to an aromatic ring is 1. The van der Waals surface area contributed by atoms with E-state index < -0.39 is 0 Å². The number of carbonyl (C=O) groups excluding carboxylic acids is 2. The standard InChI is InChI=1S/C15H22N8O2/c1-21(2)15(25)22-4-3-5-23-11(9-22)6-10(20-23)8-17-14(24)12-7-13(16)19-18-12/h6-7H,3-5,8-9H2,1-2H3,(H,17,24)(H3,16,18,19). The van der Waals surface area contributed by atoms with E-state index in [0.29, 0.717) is 25.3 Å². The lowest BCUT2D eigenvalue weighted by Gasteiger charge is -2.23. The summed E-state index contributed by atoms with van der Waals surface area (Å²) in [6.45, 7) is 2.25. The highest BCUT2D eigenvalue weighted by Gasteiger charge is 2.21. The first-order valence-corrected chi connectivity index (χ1v) is 8.05. The zero-order chi connectivity index (χ0) is 18.0. The number of hydrogen-bond donors (Lipinski definition) is 3. The smallest absolute Gasteiger partial charge is 0.319 e. The number of urea groups is 1. The average molecular weight is 346 g/mol. The molecule has 0 spiro atoms. The molecule has 2 aromatic heterocycles. The van der Waals surface area contributed by atoms with Crippen molar-refractivity contribution in [3.05, 3.63) is 29.2 Å². The van der Waals surface area contributed by atoms with E-state index in [1.165, 1.54) is 6.07 Å². The fraction of sp³-hybridized carbons (Fsp3) is 0.467. The normalized spacial score (nSPS) is 13.9. The first kappa shape index (κ1) is 16.8. The van der Waals surface area contributed by atoms with Gasteiger partial charge in [-0.1, -0.05) is 0 Å². The predicted octanol–water partition coefficient (Wildman–Crippen LogP) is 0.00570. The number of aryl methyl sites for hydroxylation is 1. The molecule has 3 heterocycles. The largest absolute Gasteiger partial charge is 0.382 e. The third-order valence-corrected chi connectivity index (χ3v) is 3.99. The molecule has 134 valence electrons. The summed E-state index contributed by atoms with van der Waals surface area (Å²) in [6, 6.07) is 3.38. The molecule has 0 saturated heterocycles. The summed E-state index contributed by atoms with van der Waals surface area (Å²) in [5.74, 6) is -0.0266. The molecule has 0 aromatic carbocycles. The number of nitrogens with two attached hydrogens (primary N) is 1. The van der Waals surface area contributed by atoms with Gasteiger partial charge in [-0.15, -0.1) is 0 Å². The Bertz CT molecular complexity index is 778. The lowest BCUT2D eigenvalue weighted by atomic mass is 10.3. The van der Waals surface area contributed by atoms with E-state index in [2.05, 4.69) is 20.6 Å². The number of aromatic amines is 1. The van der Waals surface area contributed by atoms with Crippen molar-refractivity contribution < 1.29 is 9.59 Å². The monoisotopic (exact) mass is 346 g/mol. The minimum absolute atomic E-state index is 0.0127. The second-order valence-corrected chi connectivity index (χ2v) is 6.19. The van der Waals surface area contributed by atoms with E-state index in [-0.39, 0.29) is 17.8 Å². The second kappa shape index (κ2) is 6.83. The van der Waals surface area contributed by atoms with Crippen LogP contribution in [0.3, 0.4) is 0 Å². The molecule has 0 aliphatic carbocycles. The number of anilines is 1. The summed E-state index contributed by atoms with van der Waals surface area (Å²) in [4.78, 5) is 27.6. The van der Waals surface area contributed by atoms with E-state index >= 15 is 0 Å². The van der Waals surface area contributed by atoms with Crippen LogP contribution in [0, 0.1) is 0 Å². The minimum atomic E-state index is -0.295. The van der Waals surface area contributed by atoms with Crippen LogP contribution in [0.5, 0.6) is 0 Å². The lowest BCUT2D eigenvalue weighted by molar-refractivity contribution is 0.0945. The van der Waals surface area contributed by atoms with Crippen LogP contribution in [0.2, 0.25) is 0 Å². The number of nitrogens with one attached hydrogen (secondary N) is 2. The topological polar surface area (TPSA) is 125 Å². The van der Waals surface area contributed by atoms with Crippen LogP contribution >= 0.6 is 0 Å². The van der Waals surface area contributed by atoms with Crippen molar-refractivity contribution in [2.75, 3.05) is 26.4 Å². The first-order valence-electron chi connectivity index (χ1n) is 8.05. The molecular formula is C15H22N8O2. The zero-order valence-electron chi connectivity index (χ0n) is 14.3. The maximum atomic E-state index is 12.2. The maximum absolute atomic E-state index is 12.2. The van der Waals surface area contributed by atoms with Crippen LogP contribution in [0.1, 0.15) is 28.3 Å². The van der Waals surface area contributed by atoms with Gasteiger partial charge in [0.05, 0.1) is 24.5 Å². The molecule has 1 aliphatic rings. The fourth-order valence-electron chi connectivity index (χ4n) is 2.77. The Kier molecular flexibility index (Phi) is 4.59. The molecule has 3 rings (SSSR count). The van der Waals surface area contributed by atoms with E-state index in [4.69, 9.17) is 5.73 Å². The van der Waals surface area contributed by atoms with Gasteiger partial charge in [0.25, 0.3) is 5.91 Å². The number of nitrogens with zero attached hydrogens (tertiary/aromatic N) is 5. The number of aromatic nitrogens is 4. The Morgan fingerprint density at radius 3 is 2.84 bits per heavy atom. The molecule has 0 fully saturated rings. The van der Waals surface area contributed by atoms with Gasteiger partial charge in [0.2, 0.25) is 0 Å². The van der Waals surface area contributed by atoms with Gasteiger partial charge in [-0.25, -0.2) is 4.79 Å². The molecule has 10 heteroatoms. The first-order chi connectivity index (χ1) is 11.9. The van der Waals surface area contributed by atoms with Crippen LogP contribution < -0.4 is 11.1 Å². The summed E-state index contributed by atoms with van der Waals surface area (Å²) >= 11 is 0. The van der Waals surface area contributed by atoms with E-state index in [9.17, 15) is 9.59 Å². The SMILES string of the molecule is CN(C)C(=O)N1CCCn2nc(CNC(=O)c3cc(N)n[nH]3)cc2C1. The third-order valence-electron chi connectivity index (χ3n) is 3.99. The molecule has 0 saturated carbocycles. The molecule has 3 amide bonds. The molecule has 0 unspecified atom stereocenters. The summed E-state index contributed by atoms with van der Waals surface area (Å²) in [7, 11) is 3.49. The molecule has 1 aliphatic heterocycles. The average Bonchev–Trinajstić information content (AvgIpc) is 3.12. The molecule has 0 bridgehead atoms. The number of amides is 3. The molecule has 0 radical (unpaired) electrons. The molecule has 4 N–H and O–H groups in total. The van der Waals surface area contributed by atoms with Gasteiger partial charge in [0, 0.05) is 33.3 Å². The van der Waals surface area contributed by atoms with Gasteiger partial charge < -0.3 is 20.9 Å². The predicted molar refractivity (Wildman–Crippen MR) is 90.5 cm³/mol. The van der Waals surface area contributed by atoms with Crippen molar-refractivity contribution in [2.45, 2.75) is 26.1 Å². The number of hydrogen-bond acceptors (Lipinski definition) is 5. The number of carbonyl (C=O) groups is 2. The van der Waals surface area contributed by atoms with E-state index in [1.54, 1.807) is 23.9 Å². The van der Waals surface area contributed by atoms with Gasteiger partial charge in [0.1, 0.15) is 11.5 Å². The Morgan fingerprint density at radius 1 is 1.36 bits per heavy atom. The summed E-state index contributed by atoms with van der Waals surface area (Å²) < 4.78 is 1.90. The van der Waals surface area contributed by atoms with Crippen molar-refractivity contribution in [2.24, 2.45) is 0 Å². The number of fused-ring (bicyclic) bond motifs is 1. The van der Waals surface area contributed by atoms with Crippen molar-refractivity contribution >= 4 is 17.8 Å². The highest BCUT2D eigenvalue weighted by Crippen LogP contribution is 2.15. The highest BCUT2D eigenvalue weighted by molar-refractivity contribution is 5.92. The van der Waals surface area contributed by atoms with Crippen LogP contribution in [-0.2, 0) is 19.6 Å². The summed E-state index contributed by atoms with van der Waals surface area (Å²) in [6.07, 6.45) is 0.841. The van der Waals surface area contributed by atoms with Crippen molar-refractivity contribution in [1.29, 1.82) is 0 Å². The summed E-state index contributed by atoms with van der Waals surface area (Å²) in [5.41, 5.74) is 7.50. The zero-order valence-corrected chi connectivity index (χ0v) is 14.3. The number of H-pyrrole nitrogens is 1. The molecule has 2 aromatic rings. The molecule has 25 heavy (non-hydrogen) atoms. The van der Waals surface area contributed by atoms with E-state index in [0.717, 1.165) is 24.4 Å². The van der Waals surface area contributed by atoms with Gasteiger partial charge >= 0.3 is 6.03 Å². The van der Waals surface area contributed by atoms with Gasteiger partial charge in [0.15, 0.2) is 0 Å². The minimum Gasteiger partial charge on any atom is -0.382 e. The van der Waals surface area contributed by atoms with Crippen LogP contribution in [0.25, 0.3) is 0 Å². The van der Waals surface area contributed by atoms with E-state index in [1.807, 2.05) is 10.7 Å². The maximum Gasteiger partial charge on any atom is 0.319 e. The molecule has 10 nitrogen and oxygen atoms in total. The van der Waals surface area contributed by atoms with Gasteiger partial charge in [-0.05, 0) is 12.5 Å². The Balaban J connectivity index is 1.65.